The van der Waals surface area contributed by atoms with Crippen molar-refractivity contribution >= 4 is 17.5 Å². The summed E-state index contributed by atoms with van der Waals surface area (Å²) in [7, 11) is 0. The third-order valence-electron chi connectivity index (χ3n) is 5.58. The summed E-state index contributed by atoms with van der Waals surface area (Å²) in [6.07, 6.45) is -4.35. The van der Waals surface area contributed by atoms with Gasteiger partial charge in [-0.3, -0.25) is 14.4 Å². The molecule has 4 aliphatic rings. The van der Waals surface area contributed by atoms with Crippen molar-refractivity contribution in [1.29, 1.82) is 0 Å². The van der Waals surface area contributed by atoms with E-state index in [9.17, 15) is 39.9 Å². The maximum atomic E-state index is 12.7. The van der Waals surface area contributed by atoms with E-state index in [1.807, 2.05) is 0 Å². The molecule has 4 rings (SSSR count). The summed E-state index contributed by atoms with van der Waals surface area (Å²) in [5, 5.41) is 55.5. The maximum Gasteiger partial charge on any atom is 0.255 e. The highest BCUT2D eigenvalue weighted by Gasteiger charge is 2.61. The van der Waals surface area contributed by atoms with Crippen LogP contribution in [0.15, 0.2) is 57.7 Å². The fourth-order valence-corrected chi connectivity index (χ4v) is 4.10. The number of primary amides is 1. The number of aliphatic hydroxyl groups excluding tert-OH is 3. The van der Waals surface area contributed by atoms with Crippen molar-refractivity contribution in [3.8, 4) is 0 Å². The van der Waals surface area contributed by atoms with Crippen molar-refractivity contribution in [3.63, 3.8) is 0 Å². The molecular weight excluding hydrogens is 382 g/mol. The summed E-state index contributed by atoms with van der Waals surface area (Å²) in [5.74, 6) is -14.0. The molecule has 0 saturated carbocycles. The van der Waals surface area contributed by atoms with E-state index in [-0.39, 0.29) is 0 Å². The Morgan fingerprint density at radius 3 is 2.59 bits per heavy atom. The zero-order valence-corrected chi connectivity index (χ0v) is 14.8. The van der Waals surface area contributed by atoms with E-state index in [1.54, 1.807) is 0 Å². The SMILES string of the molecule is [2H]C1=C([2H])C([2H])=C2C(=C(O)C3=C(O)[C@]4(O)C(O)=C(C(N)=O)C(=O)C([2H])([2H])C4CC3([2H])[C@]2(C)O)C1=O. The Morgan fingerprint density at radius 2 is 1.97 bits per heavy atom. The van der Waals surface area contributed by atoms with Crippen LogP contribution < -0.4 is 5.73 Å². The minimum absolute atomic E-state index is 0.752. The first-order valence-electron chi connectivity index (χ1n) is 11.4. The molecule has 152 valence electrons. The van der Waals surface area contributed by atoms with Crippen LogP contribution in [0.1, 0.15) is 27.9 Å². The van der Waals surface area contributed by atoms with Crippen LogP contribution in [0.4, 0.5) is 0 Å². The highest BCUT2D eigenvalue weighted by Crippen LogP contribution is 2.56. The number of Topliss-reactive ketones (excluding diaryl/α,β-unsaturated/α-hetero) is 1. The topological polar surface area (TPSA) is 178 Å². The fourth-order valence-electron chi connectivity index (χ4n) is 4.10. The molecule has 29 heavy (non-hydrogen) atoms. The molecule has 0 aliphatic heterocycles. The lowest BCUT2D eigenvalue weighted by Crippen LogP contribution is -2.57. The molecular formula is C20H19NO8. The van der Waals surface area contributed by atoms with E-state index < -0.39 is 111 Å². The molecule has 4 atom stereocenters. The zero-order chi connectivity index (χ0) is 26.8. The Hall–Kier alpha value is -3.17. The van der Waals surface area contributed by atoms with Gasteiger partial charge in [0.1, 0.15) is 22.9 Å². The molecule has 1 amide bonds. The molecule has 4 aliphatic carbocycles. The highest BCUT2D eigenvalue weighted by molar-refractivity contribution is 6.20. The number of carbonyl (C=O) groups excluding carboxylic acids is 3. The van der Waals surface area contributed by atoms with Crippen molar-refractivity contribution in [2.75, 3.05) is 0 Å². The zero-order valence-electron chi connectivity index (χ0n) is 20.8. The first kappa shape index (κ1) is 13.1. The lowest BCUT2D eigenvalue weighted by molar-refractivity contribution is -0.129. The number of hydrogen-bond donors (Lipinski definition) is 6. The summed E-state index contributed by atoms with van der Waals surface area (Å²) >= 11 is 0. The summed E-state index contributed by atoms with van der Waals surface area (Å²) in [4.78, 5) is 37.2. The van der Waals surface area contributed by atoms with Gasteiger partial charge < -0.3 is 31.3 Å². The smallest absolute Gasteiger partial charge is 0.255 e. The quantitative estimate of drug-likeness (QED) is 0.331. The number of carbonyl (C=O) groups is 3. The summed E-state index contributed by atoms with van der Waals surface area (Å²) in [6.45, 7) is 0.883. The van der Waals surface area contributed by atoms with E-state index in [4.69, 9.17) is 14.0 Å². The molecule has 7 N–H and O–H groups in total. The van der Waals surface area contributed by atoms with Gasteiger partial charge in [-0.25, -0.2) is 0 Å². The number of hydrogen-bond acceptors (Lipinski definition) is 8. The molecule has 0 radical (unpaired) electrons. The Balaban J connectivity index is 2.21. The maximum absolute atomic E-state index is 12.7. The van der Waals surface area contributed by atoms with Gasteiger partial charge in [0.05, 0.1) is 15.3 Å². The number of fused-ring (bicyclic) bond motifs is 3. The molecule has 0 spiro atoms. The second-order valence-corrected chi connectivity index (χ2v) is 7.16. The Labute approximate surface area is 172 Å². The van der Waals surface area contributed by atoms with Gasteiger partial charge in [0, 0.05) is 27.9 Å². The first-order valence-corrected chi connectivity index (χ1v) is 8.36. The minimum atomic E-state index is -3.30. The second kappa shape index (κ2) is 5.68. The Kier molecular flexibility index (Phi) is 2.57. The molecule has 2 unspecified atom stereocenters. The molecule has 0 fully saturated rings. The molecule has 0 heterocycles. The van der Waals surface area contributed by atoms with Gasteiger partial charge in [-0.15, -0.1) is 0 Å². The number of amides is 1. The van der Waals surface area contributed by atoms with Crippen LogP contribution in [0.25, 0.3) is 0 Å². The van der Waals surface area contributed by atoms with Crippen LogP contribution in [-0.4, -0.2) is 54.2 Å². The number of allylic oxidation sites excluding steroid dienone is 4. The second-order valence-electron chi connectivity index (χ2n) is 7.16. The van der Waals surface area contributed by atoms with Crippen molar-refractivity contribution in [2.24, 2.45) is 17.5 Å². The van der Waals surface area contributed by atoms with Crippen LogP contribution in [0.3, 0.4) is 0 Å². The molecule has 0 bridgehead atoms. The summed E-state index contributed by atoms with van der Waals surface area (Å²) < 4.78 is 49.2. The van der Waals surface area contributed by atoms with Gasteiger partial charge in [-0.2, -0.15) is 0 Å². The Morgan fingerprint density at radius 1 is 1.31 bits per heavy atom. The third-order valence-corrected chi connectivity index (χ3v) is 5.58. The number of ketones is 2. The first-order chi connectivity index (χ1) is 15.8. The van der Waals surface area contributed by atoms with E-state index in [1.165, 1.54) is 0 Å². The third kappa shape index (κ3) is 2.19. The monoisotopic (exact) mass is 407 g/mol. The molecule has 0 saturated heterocycles. The van der Waals surface area contributed by atoms with E-state index in [0.29, 0.717) is 0 Å². The van der Waals surface area contributed by atoms with Gasteiger partial charge in [0.15, 0.2) is 17.2 Å². The summed E-state index contributed by atoms with van der Waals surface area (Å²) in [5.41, 5.74) is -5.07. The minimum Gasteiger partial charge on any atom is -0.508 e. The normalized spacial score (nSPS) is 44.9. The molecule has 0 aromatic rings. The van der Waals surface area contributed by atoms with Gasteiger partial charge >= 0.3 is 0 Å². The van der Waals surface area contributed by atoms with Gasteiger partial charge in [0.2, 0.25) is 0 Å². The van der Waals surface area contributed by atoms with E-state index in [0.717, 1.165) is 6.92 Å². The van der Waals surface area contributed by atoms with Gasteiger partial charge in [0.25, 0.3) is 5.91 Å². The number of nitrogens with two attached hydrogens (primary N) is 1. The van der Waals surface area contributed by atoms with E-state index in [2.05, 4.69) is 0 Å². The van der Waals surface area contributed by atoms with Crippen molar-refractivity contribution in [1.82, 2.24) is 0 Å². The van der Waals surface area contributed by atoms with Crippen molar-refractivity contribution in [3.05, 3.63) is 57.7 Å². The van der Waals surface area contributed by atoms with Crippen molar-refractivity contribution in [2.45, 2.75) is 30.9 Å². The predicted octanol–water partition coefficient (Wildman–Crippen LogP) is 0.0779. The van der Waals surface area contributed by atoms with Crippen LogP contribution in [-0.2, 0) is 14.4 Å². The fraction of sp³-hybridized carbons (Fsp3) is 0.350. The Bertz CT molecular complexity index is 1340. The summed E-state index contributed by atoms with van der Waals surface area (Å²) in [6, 6.07) is -2.86. The molecule has 9 nitrogen and oxygen atoms in total. The van der Waals surface area contributed by atoms with Crippen LogP contribution >= 0.6 is 0 Å². The number of rotatable bonds is 1. The predicted molar refractivity (Wildman–Crippen MR) is 97.2 cm³/mol. The molecule has 0 aromatic carbocycles. The lowest BCUT2D eigenvalue weighted by Gasteiger charge is -2.50. The molecule has 9 heteroatoms. The lowest BCUT2D eigenvalue weighted by atomic mass is 9.57. The van der Waals surface area contributed by atoms with Crippen molar-refractivity contribution < 1.29 is 48.1 Å². The van der Waals surface area contributed by atoms with Crippen LogP contribution in [0.5, 0.6) is 0 Å². The van der Waals surface area contributed by atoms with Crippen LogP contribution in [0, 0.1) is 11.8 Å². The average molecular weight is 407 g/mol. The van der Waals surface area contributed by atoms with Gasteiger partial charge in [-0.1, -0.05) is 12.1 Å². The average Bonchev–Trinajstić information content (AvgIpc) is 2.74. The standard InChI is InChI=1S/C20H19NO8/c1-19(28)8-3-2-4-10(22)12(8)15(24)13-9(19)5-7-6-11(23)14(18(21)27)17(26)20(7,29)16(13)25/h2-4,7,9,24-26,28-29H,5-6H2,1H3,(H2,21,27)/t7?,9?,19-,20+/m1/s1/i2D,3D,4D,6D2,9D. The van der Waals surface area contributed by atoms with E-state index >= 15 is 0 Å². The highest BCUT2D eigenvalue weighted by atomic mass is 16.4. The number of aliphatic hydroxyl groups is 5. The molecule has 0 aromatic heterocycles. The largest absolute Gasteiger partial charge is 0.508 e. The van der Waals surface area contributed by atoms with Crippen LogP contribution in [0.2, 0.25) is 0 Å². The van der Waals surface area contributed by atoms with Gasteiger partial charge in [-0.05, 0) is 25.0 Å².